The second-order valence-corrected chi connectivity index (χ2v) is 4.28. The number of hydrogen-bond donors (Lipinski definition) is 1. The van der Waals surface area contributed by atoms with Crippen LogP contribution < -0.4 is 10.8 Å². The number of hydrogen-bond acceptors (Lipinski definition) is 2. The summed E-state index contributed by atoms with van der Waals surface area (Å²) in [6, 6.07) is 14.0. The largest absolute Gasteiger partial charge is 0.550 e. The van der Waals surface area contributed by atoms with Gasteiger partial charge < -0.3 is 15.6 Å². The lowest BCUT2D eigenvalue weighted by atomic mass is 9.98. The summed E-state index contributed by atoms with van der Waals surface area (Å²) < 4.78 is 0. The minimum Gasteiger partial charge on any atom is -0.550 e. The fourth-order valence-electron chi connectivity index (χ4n) is 2.09. The highest BCUT2D eigenvalue weighted by Gasteiger charge is 2.10. The summed E-state index contributed by atoms with van der Waals surface area (Å²) in [5.74, 6) is -1.04. The van der Waals surface area contributed by atoms with E-state index in [0.29, 0.717) is 6.42 Å². The molecule has 2 rings (SSSR count). The lowest BCUT2D eigenvalue weighted by Gasteiger charge is -2.11. The van der Waals surface area contributed by atoms with Gasteiger partial charge in [0.15, 0.2) is 0 Å². The average Bonchev–Trinajstić information content (AvgIpc) is 2.28. The molecule has 0 aliphatic carbocycles. The Labute approximate surface area is 99.9 Å². The molecule has 2 aromatic rings. The molecule has 88 valence electrons. The van der Waals surface area contributed by atoms with Crippen LogP contribution in [0.1, 0.15) is 12.0 Å². The maximum absolute atomic E-state index is 10.5. The monoisotopic (exact) mass is 229 g/mol. The second-order valence-electron chi connectivity index (χ2n) is 4.28. The second kappa shape index (κ2) is 4.97. The van der Waals surface area contributed by atoms with Crippen LogP contribution in [0.15, 0.2) is 42.5 Å². The van der Waals surface area contributed by atoms with E-state index in [1.807, 2.05) is 24.3 Å². The van der Waals surface area contributed by atoms with E-state index in [2.05, 4.69) is 23.9 Å². The fourth-order valence-corrected chi connectivity index (χ4v) is 2.09. The van der Waals surface area contributed by atoms with Crippen LogP contribution in [0.5, 0.6) is 0 Å². The Morgan fingerprint density at radius 2 is 1.88 bits per heavy atom. The number of carbonyl (C=O) groups is 1. The van der Waals surface area contributed by atoms with Crippen molar-refractivity contribution in [2.45, 2.75) is 18.9 Å². The number of carboxylic acid groups (broad SMARTS) is 1. The van der Waals surface area contributed by atoms with Crippen LogP contribution in [-0.2, 0) is 11.2 Å². The van der Waals surface area contributed by atoms with Crippen LogP contribution in [0, 0.1) is 0 Å². The molecule has 0 saturated carbocycles. The first kappa shape index (κ1) is 11.6. The number of aliphatic carboxylic acids is 1. The van der Waals surface area contributed by atoms with Gasteiger partial charge in [0.2, 0.25) is 0 Å². The molecular formula is C14H15NO2. The minimum absolute atomic E-state index is 0.00320. The molecule has 17 heavy (non-hydrogen) atoms. The van der Waals surface area contributed by atoms with E-state index in [1.54, 1.807) is 0 Å². The van der Waals surface area contributed by atoms with Gasteiger partial charge in [0, 0.05) is 18.8 Å². The van der Waals surface area contributed by atoms with Gasteiger partial charge >= 0.3 is 0 Å². The third-order valence-corrected chi connectivity index (χ3v) is 2.84. The van der Waals surface area contributed by atoms with E-state index in [0.717, 1.165) is 5.56 Å². The van der Waals surface area contributed by atoms with Crippen LogP contribution >= 0.6 is 0 Å². The van der Waals surface area contributed by atoms with E-state index >= 15 is 0 Å². The number of rotatable bonds is 4. The molecule has 3 nitrogen and oxygen atoms in total. The predicted octanol–water partition coefficient (Wildman–Crippen LogP) is 0.133. The Hall–Kier alpha value is -1.87. The van der Waals surface area contributed by atoms with E-state index in [-0.39, 0.29) is 12.5 Å². The van der Waals surface area contributed by atoms with Crippen molar-refractivity contribution in [3.63, 3.8) is 0 Å². The van der Waals surface area contributed by atoms with E-state index < -0.39 is 5.97 Å². The molecule has 0 fully saturated rings. The molecule has 2 aromatic carbocycles. The summed E-state index contributed by atoms with van der Waals surface area (Å²) in [5.41, 5.74) is 5.00. The van der Waals surface area contributed by atoms with Crippen molar-refractivity contribution in [1.29, 1.82) is 0 Å². The number of benzene rings is 2. The van der Waals surface area contributed by atoms with Gasteiger partial charge in [-0.3, -0.25) is 0 Å². The van der Waals surface area contributed by atoms with Crippen molar-refractivity contribution in [1.82, 2.24) is 0 Å². The first-order chi connectivity index (χ1) is 8.16. The van der Waals surface area contributed by atoms with Crippen LogP contribution in [0.25, 0.3) is 10.8 Å². The lowest BCUT2D eigenvalue weighted by molar-refractivity contribution is -0.423. The van der Waals surface area contributed by atoms with Gasteiger partial charge in [-0.05, 0) is 16.3 Å². The van der Waals surface area contributed by atoms with E-state index in [1.165, 1.54) is 10.8 Å². The number of quaternary nitrogens is 1. The van der Waals surface area contributed by atoms with Gasteiger partial charge in [0.1, 0.15) is 0 Å². The maximum atomic E-state index is 10.5. The first-order valence-corrected chi connectivity index (χ1v) is 5.66. The first-order valence-electron chi connectivity index (χ1n) is 5.66. The summed E-state index contributed by atoms with van der Waals surface area (Å²) in [7, 11) is 0. The number of carbonyl (C=O) groups excluding carboxylic acids is 1. The molecule has 0 radical (unpaired) electrons. The molecule has 0 unspecified atom stereocenters. The zero-order valence-corrected chi connectivity index (χ0v) is 9.56. The molecule has 0 aliphatic heterocycles. The smallest absolute Gasteiger partial charge is 0.0937 e. The summed E-state index contributed by atoms with van der Waals surface area (Å²) in [4.78, 5) is 10.5. The Morgan fingerprint density at radius 1 is 1.18 bits per heavy atom. The minimum atomic E-state index is -1.04. The molecule has 3 N–H and O–H groups in total. The van der Waals surface area contributed by atoms with Gasteiger partial charge in [0.05, 0.1) is 6.04 Å². The summed E-state index contributed by atoms with van der Waals surface area (Å²) in [5, 5.41) is 12.9. The standard InChI is InChI=1S/C14H15NO2/c15-12(9-14(16)17)8-11-6-3-5-10-4-1-2-7-13(10)11/h1-7,12H,8-9,15H2,(H,16,17)/t12-/m1/s1. The van der Waals surface area contributed by atoms with Crippen molar-refractivity contribution in [3.05, 3.63) is 48.0 Å². The Bertz CT molecular complexity index is 531. The molecular weight excluding hydrogens is 214 g/mol. The van der Waals surface area contributed by atoms with Crippen molar-refractivity contribution >= 4 is 16.7 Å². The molecule has 0 bridgehead atoms. The predicted molar refractivity (Wildman–Crippen MR) is 64.0 cm³/mol. The average molecular weight is 229 g/mol. The fraction of sp³-hybridized carbons (Fsp3) is 0.214. The zero-order valence-electron chi connectivity index (χ0n) is 9.56. The number of fused-ring (bicyclic) bond motifs is 1. The van der Waals surface area contributed by atoms with Gasteiger partial charge in [-0.1, -0.05) is 42.5 Å². The van der Waals surface area contributed by atoms with Gasteiger partial charge in [-0.2, -0.15) is 0 Å². The van der Waals surface area contributed by atoms with Crippen molar-refractivity contribution in [2.24, 2.45) is 0 Å². The highest BCUT2D eigenvalue weighted by atomic mass is 16.4. The van der Waals surface area contributed by atoms with Crippen LogP contribution in [0.2, 0.25) is 0 Å². The van der Waals surface area contributed by atoms with Crippen LogP contribution in [-0.4, -0.2) is 12.0 Å². The van der Waals surface area contributed by atoms with Crippen LogP contribution in [0.4, 0.5) is 0 Å². The zero-order chi connectivity index (χ0) is 12.3. The van der Waals surface area contributed by atoms with Crippen LogP contribution in [0.3, 0.4) is 0 Å². The molecule has 0 amide bonds. The lowest BCUT2D eigenvalue weighted by Crippen LogP contribution is -2.63. The topological polar surface area (TPSA) is 67.8 Å². The molecule has 1 atom stereocenters. The summed E-state index contributed by atoms with van der Waals surface area (Å²) in [6.07, 6.45) is 0.665. The molecule has 0 saturated heterocycles. The number of carboxylic acids is 1. The SMILES string of the molecule is [NH3+][C@@H](CC(=O)[O-])Cc1cccc2ccccc12. The molecule has 3 heteroatoms. The van der Waals surface area contributed by atoms with Crippen molar-refractivity contribution in [2.75, 3.05) is 0 Å². The van der Waals surface area contributed by atoms with Gasteiger partial charge in [-0.15, -0.1) is 0 Å². The third kappa shape index (κ3) is 2.82. The molecule has 0 heterocycles. The normalized spacial score (nSPS) is 12.5. The van der Waals surface area contributed by atoms with E-state index in [9.17, 15) is 9.90 Å². The Balaban J connectivity index is 2.26. The highest BCUT2D eigenvalue weighted by molar-refractivity contribution is 5.85. The summed E-state index contributed by atoms with van der Waals surface area (Å²) >= 11 is 0. The molecule has 0 spiro atoms. The maximum Gasteiger partial charge on any atom is 0.0937 e. The summed E-state index contributed by atoms with van der Waals surface area (Å²) in [6.45, 7) is 0. The highest BCUT2D eigenvalue weighted by Crippen LogP contribution is 2.19. The quantitative estimate of drug-likeness (QED) is 0.810. The third-order valence-electron chi connectivity index (χ3n) is 2.84. The Kier molecular flexibility index (Phi) is 3.40. The molecule has 0 aliphatic rings. The van der Waals surface area contributed by atoms with Gasteiger partial charge in [0.25, 0.3) is 0 Å². The van der Waals surface area contributed by atoms with Gasteiger partial charge in [-0.25, -0.2) is 0 Å². The van der Waals surface area contributed by atoms with E-state index in [4.69, 9.17) is 0 Å². The van der Waals surface area contributed by atoms with Crippen molar-refractivity contribution < 1.29 is 15.6 Å². The van der Waals surface area contributed by atoms with Crippen molar-refractivity contribution in [3.8, 4) is 0 Å². The Morgan fingerprint density at radius 3 is 2.65 bits per heavy atom. The molecule has 0 aromatic heterocycles.